The van der Waals surface area contributed by atoms with Crippen molar-refractivity contribution in [2.75, 3.05) is 13.2 Å². The number of urea groups is 1. The Balaban J connectivity index is 0. The normalized spacial score (nSPS) is 15.4. The standard InChI is InChI=1S/C14H22O2.C5H6O2.CH4N2O/c1-3-13(2)10-11-14(16)9-7-5-4-6-8-12-15;6-5-3-1-2-4-7-5;2-1(3)4/h3-9,13-16H,1,10-12H2,2H3;1,3H,2,4H2;(H4,2,3,4)/b5-4-,8-6+,9-7-;;. The Hall–Kier alpha value is -2.64. The SMILES string of the molecule is C=CC(C)CCC(O)\C=C/C=C\C=C\CO.NC(N)=O.O=C1C=CCCO1. The Morgan fingerprint density at radius 2 is 1.93 bits per heavy atom. The molecule has 1 heterocycles. The zero-order valence-corrected chi connectivity index (χ0v) is 15.9. The summed E-state index contributed by atoms with van der Waals surface area (Å²) in [6.07, 6.45) is 17.9. The summed E-state index contributed by atoms with van der Waals surface area (Å²) in [5.74, 6) is 0.234. The Kier molecular flexibility index (Phi) is 19.4. The van der Waals surface area contributed by atoms with Gasteiger partial charge in [0.1, 0.15) is 0 Å². The van der Waals surface area contributed by atoms with E-state index in [0.29, 0.717) is 12.5 Å². The molecule has 0 aromatic heterocycles. The molecule has 0 aromatic carbocycles. The van der Waals surface area contributed by atoms with E-state index in [1.54, 1.807) is 18.2 Å². The first-order chi connectivity index (χ1) is 12.8. The lowest BCUT2D eigenvalue weighted by Gasteiger charge is -2.07. The largest absolute Gasteiger partial charge is 0.462 e. The maximum atomic E-state index is 10.2. The number of aliphatic hydroxyl groups excluding tert-OH is 2. The summed E-state index contributed by atoms with van der Waals surface area (Å²) in [7, 11) is 0. The van der Waals surface area contributed by atoms with Crippen molar-refractivity contribution in [3.05, 3.63) is 61.3 Å². The van der Waals surface area contributed by atoms with E-state index in [9.17, 15) is 9.90 Å². The van der Waals surface area contributed by atoms with Crippen LogP contribution in [0.3, 0.4) is 0 Å². The van der Waals surface area contributed by atoms with Gasteiger partial charge < -0.3 is 26.4 Å². The lowest BCUT2D eigenvalue weighted by atomic mass is 10.0. The number of carbonyl (C=O) groups excluding carboxylic acids is 2. The summed E-state index contributed by atoms with van der Waals surface area (Å²) >= 11 is 0. The highest BCUT2D eigenvalue weighted by Gasteiger charge is 2.01. The Bertz CT molecular complexity index is 520. The first-order valence-electron chi connectivity index (χ1n) is 8.63. The van der Waals surface area contributed by atoms with Gasteiger partial charge in [0.25, 0.3) is 0 Å². The molecule has 1 aliphatic heterocycles. The smallest absolute Gasteiger partial charge is 0.330 e. The highest BCUT2D eigenvalue weighted by atomic mass is 16.5. The van der Waals surface area contributed by atoms with Crippen molar-refractivity contribution in [3.8, 4) is 0 Å². The minimum atomic E-state index is -0.833. The van der Waals surface area contributed by atoms with Gasteiger partial charge in [0.2, 0.25) is 0 Å². The average molecular weight is 380 g/mol. The second-order valence-electron chi connectivity index (χ2n) is 5.50. The van der Waals surface area contributed by atoms with Crippen LogP contribution in [0, 0.1) is 5.92 Å². The van der Waals surface area contributed by atoms with Gasteiger partial charge in [-0.15, -0.1) is 6.58 Å². The topological polar surface area (TPSA) is 136 Å². The summed E-state index contributed by atoms with van der Waals surface area (Å²) in [6.45, 7) is 6.39. The van der Waals surface area contributed by atoms with Gasteiger partial charge in [0, 0.05) is 12.5 Å². The van der Waals surface area contributed by atoms with Gasteiger partial charge in [0.15, 0.2) is 0 Å². The first-order valence-corrected chi connectivity index (χ1v) is 8.63. The number of rotatable bonds is 8. The van der Waals surface area contributed by atoms with Crippen molar-refractivity contribution in [1.82, 2.24) is 0 Å². The molecule has 0 aromatic rings. The van der Waals surface area contributed by atoms with Crippen molar-refractivity contribution in [3.63, 3.8) is 0 Å². The van der Waals surface area contributed by atoms with Crippen molar-refractivity contribution in [1.29, 1.82) is 0 Å². The van der Waals surface area contributed by atoms with E-state index in [4.69, 9.17) is 9.90 Å². The van der Waals surface area contributed by atoms with Crippen LogP contribution in [-0.2, 0) is 9.53 Å². The van der Waals surface area contributed by atoms with Crippen LogP contribution in [0.2, 0.25) is 0 Å². The average Bonchev–Trinajstić information content (AvgIpc) is 2.63. The maximum absolute atomic E-state index is 10.2. The van der Waals surface area contributed by atoms with Gasteiger partial charge in [-0.05, 0) is 18.8 Å². The molecule has 1 aliphatic rings. The highest BCUT2D eigenvalue weighted by molar-refractivity contribution is 5.82. The molecule has 152 valence electrons. The van der Waals surface area contributed by atoms with E-state index in [0.717, 1.165) is 19.3 Å². The van der Waals surface area contributed by atoms with Gasteiger partial charge >= 0.3 is 12.0 Å². The number of nitrogens with two attached hydrogens (primary N) is 2. The number of esters is 1. The van der Waals surface area contributed by atoms with E-state index >= 15 is 0 Å². The Morgan fingerprint density at radius 1 is 1.30 bits per heavy atom. The second-order valence-corrected chi connectivity index (χ2v) is 5.50. The summed E-state index contributed by atoms with van der Waals surface area (Å²) in [5.41, 5.74) is 8.50. The summed E-state index contributed by atoms with van der Waals surface area (Å²) in [6, 6.07) is -0.833. The van der Waals surface area contributed by atoms with Gasteiger partial charge in [-0.3, -0.25) is 0 Å². The maximum Gasteiger partial charge on any atom is 0.330 e. The number of allylic oxidation sites excluding steroid dienone is 5. The fraction of sp³-hybridized carbons (Fsp3) is 0.400. The second kappa shape index (κ2) is 19.7. The van der Waals surface area contributed by atoms with Crippen LogP contribution in [0.1, 0.15) is 26.2 Å². The number of carbonyl (C=O) groups is 2. The van der Waals surface area contributed by atoms with E-state index in [-0.39, 0.29) is 12.6 Å². The van der Waals surface area contributed by atoms with Crippen LogP contribution in [0.4, 0.5) is 4.79 Å². The first kappa shape index (κ1) is 26.6. The van der Waals surface area contributed by atoms with Crippen molar-refractivity contribution >= 4 is 12.0 Å². The van der Waals surface area contributed by atoms with E-state index in [1.807, 2.05) is 30.4 Å². The quantitative estimate of drug-likeness (QED) is 0.290. The lowest BCUT2D eigenvalue weighted by Crippen LogP contribution is -2.18. The molecule has 0 saturated carbocycles. The van der Waals surface area contributed by atoms with E-state index in [2.05, 4.69) is 29.7 Å². The van der Waals surface area contributed by atoms with Crippen molar-refractivity contribution in [2.24, 2.45) is 17.4 Å². The molecule has 2 amide bonds. The molecule has 0 fully saturated rings. The van der Waals surface area contributed by atoms with Gasteiger partial charge in [-0.25, -0.2) is 9.59 Å². The van der Waals surface area contributed by atoms with Gasteiger partial charge in [-0.1, -0.05) is 55.5 Å². The van der Waals surface area contributed by atoms with Crippen LogP contribution in [-0.4, -0.2) is 41.5 Å². The van der Waals surface area contributed by atoms with Crippen LogP contribution in [0.5, 0.6) is 0 Å². The number of cyclic esters (lactones) is 1. The van der Waals surface area contributed by atoms with Crippen LogP contribution in [0.25, 0.3) is 0 Å². The lowest BCUT2D eigenvalue weighted by molar-refractivity contribution is -0.138. The fourth-order valence-electron chi connectivity index (χ4n) is 1.56. The molecule has 0 aliphatic carbocycles. The van der Waals surface area contributed by atoms with Gasteiger partial charge in [-0.2, -0.15) is 0 Å². The van der Waals surface area contributed by atoms with Crippen LogP contribution >= 0.6 is 0 Å². The summed E-state index contributed by atoms with van der Waals surface area (Å²) in [4.78, 5) is 19.2. The molecule has 0 saturated heterocycles. The molecular formula is C20H32N2O5. The van der Waals surface area contributed by atoms with Crippen molar-refractivity contribution in [2.45, 2.75) is 32.3 Å². The van der Waals surface area contributed by atoms with E-state index in [1.165, 1.54) is 6.08 Å². The molecule has 27 heavy (non-hydrogen) atoms. The third kappa shape index (κ3) is 25.7. The number of primary amides is 2. The Labute approximate surface area is 161 Å². The zero-order valence-electron chi connectivity index (χ0n) is 15.9. The fourth-order valence-corrected chi connectivity index (χ4v) is 1.56. The summed E-state index contributed by atoms with van der Waals surface area (Å²) < 4.78 is 4.55. The molecule has 0 bridgehead atoms. The molecular weight excluding hydrogens is 348 g/mol. The molecule has 2 unspecified atom stereocenters. The monoisotopic (exact) mass is 380 g/mol. The number of hydrogen-bond acceptors (Lipinski definition) is 5. The third-order valence-corrected chi connectivity index (χ3v) is 3.01. The molecule has 0 spiro atoms. The Morgan fingerprint density at radius 3 is 2.37 bits per heavy atom. The van der Waals surface area contributed by atoms with Crippen LogP contribution in [0.15, 0.2) is 61.3 Å². The number of aliphatic hydroxyl groups is 2. The highest BCUT2D eigenvalue weighted by Crippen LogP contribution is 2.09. The zero-order chi connectivity index (χ0) is 20.9. The summed E-state index contributed by atoms with van der Waals surface area (Å²) in [5, 5.41) is 18.1. The molecule has 2 atom stereocenters. The van der Waals surface area contributed by atoms with Crippen LogP contribution < -0.4 is 11.5 Å². The molecule has 6 N–H and O–H groups in total. The van der Waals surface area contributed by atoms with Gasteiger partial charge in [0.05, 0.1) is 19.3 Å². The van der Waals surface area contributed by atoms with E-state index < -0.39 is 12.1 Å². The number of hydrogen-bond donors (Lipinski definition) is 4. The molecule has 1 rings (SSSR count). The minimum Gasteiger partial charge on any atom is -0.462 e. The number of amides is 2. The molecule has 7 nitrogen and oxygen atoms in total. The number of ether oxygens (including phenoxy) is 1. The molecule has 0 radical (unpaired) electrons. The predicted molar refractivity (Wildman–Crippen MR) is 108 cm³/mol. The van der Waals surface area contributed by atoms with Crippen molar-refractivity contribution < 1.29 is 24.5 Å². The molecule has 7 heteroatoms. The third-order valence-electron chi connectivity index (χ3n) is 3.01. The predicted octanol–water partition coefficient (Wildman–Crippen LogP) is 2.12. The minimum absolute atomic E-state index is 0.0517.